The van der Waals surface area contributed by atoms with Crippen molar-refractivity contribution in [2.75, 3.05) is 0 Å². The highest BCUT2D eigenvalue weighted by atomic mass is 35.5. The molecule has 0 bridgehead atoms. The lowest BCUT2D eigenvalue weighted by atomic mass is 10.2. The van der Waals surface area contributed by atoms with Crippen molar-refractivity contribution in [3.8, 4) is 5.69 Å². The van der Waals surface area contributed by atoms with E-state index in [0.29, 0.717) is 20.9 Å². The number of rotatable bonds is 1. The van der Waals surface area contributed by atoms with Crippen molar-refractivity contribution in [2.24, 2.45) is 0 Å². The van der Waals surface area contributed by atoms with E-state index in [-0.39, 0.29) is 10.6 Å². The molecule has 0 spiro atoms. The molecule has 0 aliphatic carbocycles. The van der Waals surface area contributed by atoms with Crippen molar-refractivity contribution in [1.29, 1.82) is 0 Å². The third-order valence-corrected chi connectivity index (χ3v) is 5.04. The number of hydrogen-bond donors (Lipinski definition) is 1. The van der Waals surface area contributed by atoms with E-state index in [9.17, 15) is 9.59 Å². The Bertz CT molecular complexity index is 985. The van der Waals surface area contributed by atoms with Crippen molar-refractivity contribution in [3.63, 3.8) is 0 Å². The monoisotopic (exact) mass is 340 g/mol. The average Bonchev–Trinajstić information content (AvgIpc) is 2.67. The molecule has 1 aromatic carbocycles. The summed E-state index contributed by atoms with van der Waals surface area (Å²) < 4.78 is 1.04. The predicted octanol–water partition coefficient (Wildman–Crippen LogP) is 3.66. The molecule has 0 unspecified atom stereocenters. The molecule has 4 nitrogen and oxygen atoms in total. The first-order chi connectivity index (χ1) is 9.90. The van der Waals surface area contributed by atoms with Crippen molar-refractivity contribution >= 4 is 44.8 Å². The Morgan fingerprint density at radius 3 is 2.57 bits per heavy atom. The van der Waals surface area contributed by atoms with Gasteiger partial charge in [-0.15, -0.1) is 11.3 Å². The lowest BCUT2D eigenvalue weighted by Gasteiger charge is -2.07. The summed E-state index contributed by atoms with van der Waals surface area (Å²) in [6, 6.07) is 4.65. The fourth-order valence-corrected chi connectivity index (χ4v) is 3.75. The summed E-state index contributed by atoms with van der Waals surface area (Å²) in [5.41, 5.74) is 0.297. The summed E-state index contributed by atoms with van der Waals surface area (Å²) in [6.45, 7) is 3.78. The quantitative estimate of drug-likeness (QED) is 0.734. The Morgan fingerprint density at radius 2 is 1.90 bits per heavy atom. The molecular formula is C14H10Cl2N2O2S. The lowest BCUT2D eigenvalue weighted by molar-refractivity contribution is 0.903. The molecule has 2 heterocycles. The summed E-state index contributed by atoms with van der Waals surface area (Å²) in [6.07, 6.45) is 0. The molecule has 3 aromatic rings. The van der Waals surface area contributed by atoms with E-state index in [1.165, 1.54) is 17.4 Å². The van der Waals surface area contributed by atoms with Crippen LogP contribution in [0.5, 0.6) is 0 Å². The van der Waals surface area contributed by atoms with Crippen molar-refractivity contribution in [3.05, 3.63) is 59.5 Å². The number of halogens is 2. The van der Waals surface area contributed by atoms with Crippen LogP contribution in [0.3, 0.4) is 0 Å². The minimum absolute atomic E-state index is 0.249. The number of nitrogens with zero attached hydrogens (tertiary/aromatic N) is 1. The van der Waals surface area contributed by atoms with Gasteiger partial charge in [0.05, 0.1) is 16.1 Å². The molecular weight excluding hydrogens is 331 g/mol. The molecule has 3 rings (SSSR count). The largest absolute Gasteiger partial charge is 0.334 e. The molecule has 7 heteroatoms. The highest BCUT2D eigenvalue weighted by Gasteiger charge is 2.16. The zero-order valence-electron chi connectivity index (χ0n) is 11.2. The highest BCUT2D eigenvalue weighted by Crippen LogP contribution is 2.26. The molecule has 0 fully saturated rings. The molecule has 0 atom stereocenters. The Balaban J connectivity index is 2.46. The first kappa shape index (κ1) is 14.4. The number of aryl methyl sites for hydroxylation is 2. The van der Waals surface area contributed by atoms with Crippen LogP contribution >= 0.6 is 34.5 Å². The van der Waals surface area contributed by atoms with Crippen molar-refractivity contribution < 1.29 is 0 Å². The Morgan fingerprint density at radius 1 is 1.19 bits per heavy atom. The third kappa shape index (κ3) is 2.21. The standard InChI is InChI=1S/C14H10Cl2N2O2S/c1-6-7(2)21-12-11(6)13(19)18(14(20)17-12)10-4-3-8(15)5-9(10)16/h3-5H,1-2H3,(H,17,20). The first-order valence-corrected chi connectivity index (χ1v) is 7.68. The molecule has 0 amide bonds. The second-order valence-corrected chi connectivity index (χ2v) is 6.72. The van der Waals surface area contributed by atoms with Gasteiger partial charge in [-0.3, -0.25) is 9.78 Å². The number of aromatic nitrogens is 2. The van der Waals surface area contributed by atoms with Crippen LogP contribution in [0.1, 0.15) is 10.4 Å². The molecule has 2 aromatic heterocycles. The van der Waals surface area contributed by atoms with Gasteiger partial charge >= 0.3 is 5.69 Å². The molecule has 0 radical (unpaired) electrons. The van der Waals surface area contributed by atoms with Gasteiger partial charge in [0, 0.05) is 9.90 Å². The van der Waals surface area contributed by atoms with Crippen LogP contribution in [0.2, 0.25) is 10.0 Å². The van der Waals surface area contributed by atoms with Crippen LogP contribution in [-0.4, -0.2) is 9.55 Å². The van der Waals surface area contributed by atoms with E-state index in [1.807, 2.05) is 13.8 Å². The van der Waals surface area contributed by atoms with Crippen molar-refractivity contribution in [1.82, 2.24) is 9.55 Å². The summed E-state index contributed by atoms with van der Waals surface area (Å²) >= 11 is 13.4. The average molecular weight is 341 g/mol. The van der Waals surface area contributed by atoms with E-state index in [4.69, 9.17) is 23.2 Å². The summed E-state index contributed by atoms with van der Waals surface area (Å²) in [5, 5.41) is 1.21. The van der Waals surface area contributed by atoms with Crippen LogP contribution in [0.15, 0.2) is 27.8 Å². The fraction of sp³-hybridized carbons (Fsp3) is 0.143. The lowest BCUT2D eigenvalue weighted by Crippen LogP contribution is -2.33. The Kier molecular flexibility index (Phi) is 3.43. The maximum Gasteiger partial charge on any atom is 0.334 e. The van der Waals surface area contributed by atoms with E-state index in [1.54, 1.807) is 12.1 Å². The Hall–Kier alpha value is -1.56. The molecule has 21 heavy (non-hydrogen) atoms. The van der Waals surface area contributed by atoms with Gasteiger partial charge < -0.3 is 0 Å². The fourth-order valence-electron chi connectivity index (χ4n) is 2.21. The normalized spacial score (nSPS) is 11.2. The van der Waals surface area contributed by atoms with Crippen LogP contribution < -0.4 is 11.2 Å². The molecule has 1 N–H and O–H groups in total. The highest BCUT2D eigenvalue weighted by molar-refractivity contribution is 7.18. The smallest absolute Gasteiger partial charge is 0.298 e. The number of H-pyrrole nitrogens is 1. The molecule has 108 valence electrons. The maximum absolute atomic E-state index is 12.7. The van der Waals surface area contributed by atoms with Gasteiger partial charge in [0.15, 0.2) is 0 Å². The minimum Gasteiger partial charge on any atom is -0.298 e. The molecule has 0 aliphatic rings. The number of hydrogen-bond acceptors (Lipinski definition) is 3. The number of aromatic amines is 1. The summed E-state index contributed by atoms with van der Waals surface area (Å²) in [4.78, 5) is 29.2. The minimum atomic E-state index is -0.516. The SMILES string of the molecule is Cc1sc2[nH]c(=O)n(-c3ccc(Cl)cc3Cl)c(=O)c2c1C. The second kappa shape index (κ2) is 5.02. The van der Waals surface area contributed by atoms with E-state index >= 15 is 0 Å². The summed E-state index contributed by atoms with van der Waals surface area (Å²) in [7, 11) is 0. The number of thiophene rings is 1. The van der Waals surface area contributed by atoms with Crippen LogP contribution in [-0.2, 0) is 0 Å². The third-order valence-electron chi connectivity index (χ3n) is 3.38. The second-order valence-electron chi connectivity index (χ2n) is 4.65. The van der Waals surface area contributed by atoms with Gasteiger partial charge in [0.25, 0.3) is 5.56 Å². The molecule has 0 saturated carbocycles. The van der Waals surface area contributed by atoms with E-state index in [2.05, 4.69) is 4.98 Å². The van der Waals surface area contributed by atoms with Gasteiger partial charge in [-0.2, -0.15) is 0 Å². The summed E-state index contributed by atoms with van der Waals surface area (Å²) in [5.74, 6) is 0. The van der Waals surface area contributed by atoms with Gasteiger partial charge in [0.2, 0.25) is 0 Å². The van der Waals surface area contributed by atoms with Gasteiger partial charge in [-0.1, -0.05) is 23.2 Å². The van der Waals surface area contributed by atoms with E-state index in [0.717, 1.165) is 15.0 Å². The maximum atomic E-state index is 12.7. The Labute approximate surface area is 133 Å². The van der Waals surface area contributed by atoms with Crippen molar-refractivity contribution in [2.45, 2.75) is 13.8 Å². The zero-order valence-corrected chi connectivity index (χ0v) is 13.5. The topological polar surface area (TPSA) is 54.9 Å². The van der Waals surface area contributed by atoms with Crippen LogP contribution in [0.25, 0.3) is 15.9 Å². The van der Waals surface area contributed by atoms with Gasteiger partial charge in [0.1, 0.15) is 4.83 Å². The number of fused-ring (bicyclic) bond motifs is 1. The first-order valence-electron chi connectivity index (χ1n) is 6.10. The van der Waals surface area contributed by atoms with Crippen LogP contribution in [0, 0.1) is 13.8 Å². The molecule has 0 aliphatic heterocycles. The zero-order chi connectivity index (χ0) is 15.3. The van der Waals surface area contributed by atoms with Gasteiger partial charge in [-0.25, -0.2) is 9.36 Å². The number of nitrogens with one attached hydrogen (secondary N) is 1. The predicted molar refractivity (Wildman–Crippen MR) is 87.5 cm³/mol. The van der Waals surface area contributed by atoms with Gasteiger partial charge in [-0.05, 0) is 37.6 Å². The molecule has 0 saturated heterocycles. The van der Waals surface area contributed by atoms with Crippen LogP contribution in [0.4, 0.5) is 0 Å². The van der Waals surface area contributed by atoms with E-state index < -0.39 is 5.69 Å². The number of benzene rings is 1.